The number of hydrogen-bond donors (Lipinski definition) is 1. The van der Waals surface area contributed by atoms with Crippen LogP contribution in [0.2, 0.25) is 0 Å². The van der Waals surface area contributed by atoms with Gasteiger partial charge in [0.2, 0.25) is 11.8 Å². The largest absolute Gasteiger partial charge is 0.361 e. The van der Waals surface area contributed by atoms with Gasteiger partial charge in [0.25, 0.3) is 0 Å². The van der Waals surface area contributed by atoms with Crippen molar-refractivity contribution in [1.82, 2.24) is 14.8 Å². The predicted octanol–water partition coefficient (Wildman–Crippen LogP) is 4.28. The Morgan fingerprint density at radius 2 is 1.75 bits per heavy atom. The molecule has 5 nitrogen and oxygen atoms in total. The minimum absolute atomic E-state index is 0.0462. The van der Waals surface area contributed by atoms with Crippen LogP contribution in [0.5, 0.6) is 0 Å². The van der Waals surface area contributed by atoms with E-state index in [1.54, 1.807) is 12.1 Å². The molecule has 1 heterocycles. The molecule has 1 N–H and O–H groups in total. The molecule has 0 spiro atoms. The van der Waals surface area contributed by atoms with Crippen LogP contribution in [0.3, 0.4) is 0 Å². The number of hydrogen-bond acceptors (Lipinski definition) is 2. The van der Waals surface area contributed by atoms with Crippen molar-refractivity contribution in [3.8, 4) is 0 Å². The third kappa shape index (κ3) is 4.69. The summed E-state index contributed by atoms with van der Waals surface area (Å²) >= 11 is 0. The van der Waals surface area contributed by atoms with Gasteiger partial charge in [0.05, 0.1) is 0 Å². The van der Waals surface area contributed by atoms with Gasteiger partial charge in [0, 0.05) is 42.1 Å². The van der Waals surface area contributed by atoms with Crippen molar-refractivity contribution in [2.45, 2.75) is 44.7 Å². The molecule has 2 amide bonds. The fraction of sp³-hybridized carbons (Fsp3) is 0.385. The SMILES string of the molecule is O=C(CN(C(=O)C1CC1)C1CC1)N(CCc1c[nH]c2ccccc12)Cc1ccc(F)cc1. The van der Waals surface area contributed by atoms with Crippen LogP contribution in [-0.2, 0) is 22.6 Å². The number of nitrogens with zero attached hydrogens (tertiary/aromatic N) is 2. The van der Waals surface area contributed by atoms with Crippen LogP contribution in [0.4, 0.5) is 4.39 Å². The fourth-order valence-electron chi connectivity index (χ4n) is 4.28. The van der Waals surface area contributed by atoms with Crippen molar-refractivity contribution in [3.05, 3.63) is 71.7 Å². The molecule has 0 saturated heterocycles. The van der Waals surface area contributed by atoms with Crippen molar-refractivity contribution in [2.75, 3.05) is 13.1 Å². The lowest BCUT2D eigenvalue weighted by atomic mass is 10.1. The Bertz CT molecular complexity index is 1120. The van der Waals surface area contributed by atoms with E-state index in [4.69, 9.17) is 0 Å². The number of nitrogens with one attached hydrogen (secondary N) is 1. The maximum Gasteiger partial charge on any atom is 0.242 e. The van der Waals surface area contributed by atoms with Crippen LogP contribution in [0, 0.1) is 11.7 Å². The summed E-state index contributed by atoms with van der Waals surface area (Å²) in [4.78, 5) is 33.0. The number of amides is 2. The molecular weight excluding hydrogens is 405 g/mol. The molecule has 0 aliphatic heterocycles. The van der Waals surface area contributed by atoms with E-state index in [2.05, 4.69) is 11.1 Å². The van der Waals surface area contributed by atoms with Gasteiger partial charge in [-0.25, -0.2) is 4.39 Å². The van der Waals surface area contributed by atoms with E-state index in [1.165, 1.54) is 12.1 Å². The third-order valence-electron chi connectivity index (χ3n) is 6.47. The molecule has 2 fully saturated rings. The number of carbonyl (C=O) groups is 2. The second kappa shape index (κ2) is 8.77. The summed E-state index contributed by atoms with van der Waals surface area (Å²) in [5.74, 6) is -0.0881. The first-order valence-electron chi connectivity index (χ1n) is 11.5. The van der Waals surface area contributed by atoms with Crippen LogP contribution in [0.25, 0.3) is 10.9 Å². The van der Waals surface area contributed by atoms with Crippen LogP contribution in [0.1, 0.15) is 36.8 Å². The van der Waals surface area contributed by atoms with E-state index >= 15 is 0 Å². The minimum Gasteiger partial charge on any atom is -0.361 e. The zero-order valence-corrected chi connectivity index (χ0v) is 18.1. The van der Waals surface area contributed by atoms with Gasteiger partial charge in [-0.3, -0.25) is 9.59 Å². The normalized spacial score (nSPS) is 15.7. The second-order valence-electron chi connectivity index (χ2n) is 9.02. The Labute approximate surface area is 187 Å². The molecular formula is C26H28FN3O2. The van der Waals surface area contributed by atoms with Gasteiger partial charge in [0.15, 0.2) is 0 Å². The topological polar surface area (TPSA) is 56.4 Å². The quantitative estimate of drug-likeness (QED) is 0.548. The molecule has 2 saturated carbocycles. The lowest BCUT2D eigenvalue weighted by Gasteiger charge is -2.28. The van der Waals surface area contributed by atoms with E-state index < -0.39 is 0 Å². The highest BCUT2D eigenvalue weighted by molar-refractivity contribution is 5.88. The summed E-state index contributed by atoms with van der Waals surface area (Å²) in [5.41, 5.74) is 3.12. The summed E-state index contributed by atoms with van der Waals surface area (Å²) < 4.78 is 13.4. The Morgan fingerprint density at radius 1 is 1.00 bits per heavy atom. The molecule has 6 heteroatoms. The number of para-hydroxylation sites is 1. The van der Waals surface area contributed by atoms with Crippen LogP contribution >= 0.6 is 0 Å². The fourth-order valence-corrected chi connectivity index (χ4v) is 4.28. The monoisotopic (exact) mass is 433 g/mol. The van der Waals surface area contributed by atoms with Gasteiger partial charge in [-0.1, -0.05) is 30.3 Å². The number of benzene rings is 2. The van der Waals surface area contributed by atoms with E-state index in [9.17, 15) is 14.0 Å². The molecule has 0 unspecified atom stereocenters. The molecule has 3 aromatic rings. The van der Waals surface area contributed by atoms with E-state index in [-0.39, 0.29) is 36.1 Å². The molecule has 5 rings (SSSR count). The standard InChI is InChI=1S/C26H28FN3O2/c27-21-9-5-18(6-10-21)16-29(14-13-20-15-28-24-4-2-1-3-23(20)24)25(31)17-30(22-11-12-22)26(32)19-7-8-19/h1-6,9-10,15,19,22,28H,7-8,11-14,16-17H2. The number of aromatic amines is 1. The molecule has 2 aliphatic carbocycles. The Morgan fingerprint density at radius 3 is 2.47 bits per heavy atom. The zero-order valence-electron chi connectivity index (χ0n) is 18.1. The Hall–Kier alpha value is -3.15. The summed E-state index contributed by atoms with van der Waals surface area (Å²) in [6.07, 6.45) is 6.56. The lowest BCUT2D eigenvalue weighted by Crippen LogP contribution is -2.44. The minimum atomic E-state index is -0.291. The first-order chi connectivity index (χ1) is 15.6. The first kappa shape index (κ1) is 20.7. The number of rotatable bonds is 9. The van der Waals surface area contributed by atoms with Gasteiger partial charge < -0.3 is 14.8 Å². The lowest BCUT2D eigenvalue weighted by molar-refractivity contribution is -0.142. The van der Waals surface area contributed by atoms with E-state index in [1.807, 2.05) is 34.2 Å². The Kier molecular flexibility index (Phi) is 5.68. The molecule has 166 valence electrons. The first-order valence-corrected chi connectivity index (χ1v) is 11.5. The zero-order chi connectivity index (χ0) is 22.1. The van der Waals surface area contributed by atoms with Gasteiger partial charge in [-0.05, 0) is 61.4 Å². The average Bonchev–Trinajstić information content (AvgIpc) is 3.73. The number of carbonyl (C=O) groups excluding carboxylic acids is 2. The van der Waals surface area contributed by atoms with Crippen LogP contribution in [0.15, 0.2) is 54.7 Å². The van der Waals surface area contributed by atoms with Gasteiger partial charge in [-0.2, -0.15) is 0 Å². The number of H-pyrrole nitrogens is 1. The highest BCUT2D eigenvalue weighted by Gasteiger charge is 2.41. The molecule has 0 atom stereocenters. The average molecular weight is 434 g/mol. The number of aromatic nitrogens is 1. The van der Waals surface area contributed by atoms with Crippen molar-refractivity contribution < 1.29 is 14.0 Å². The van der Waals surface area contributed by atoms with E-state index in [0.717, 1.165) is 47.7 Å². The van der Waals surface area contributed by atoms with Gasteiger partial charge in [0.1, 0.15) is 12.4 Å². The maximum absolute atomic E-state index is 13.4. The predicted molar refractivity (Wildman–Crippen MR) is 121 cm³/mol. The van der Waals surface area contributed by atoms with Gasteiger partial charge >= 0.3 is 0 Å². The molecule has 0 bridgehead atoms. The molecule has 1 aromatic heterocycles. The number of halogens is 1. The van der Waals surface area contributed by atoms with Crippen molar-refractivity contribution in [1.29, 1.82) is 0 Å². The van der Waals surface area contributed by atoms with Crippen LogP contribution < -0.4 is 0 Å². The van der Waals surface area contributed by atoms with Crippen molar-refractivity contribution in [3.63, 3.8) is 0 Å². The summed E-state index contributed by atoms with van der Waals surface area (Å²) in [7, 11) is 0. The Balaban J connectivity index is 1.32. The molecule has 0 radical (unpaired) electrons. The second-order valence-corrected chi connectivity index (χ2v) is 9.02. The molecule has 32 heavy (non-hydrogen) atoms. The molecule has 2 aliphatic rings. The maximum atomic E-state index is 13.4. The smallest absolute Gasteiger partial charge is 0.242 e. The van der Waals surface area contributed by atoms with Crippen LogP contribution in [-0.4, -0.2) is 45.7 Å². The summed E-state index contributed by atoms with van der Waals surface area (Å²) in [6.45, 7) is 1.07. The highest BCUT2D eigenvalue weighted by Crippen LogP contribution is 2.36. The third-order valence-corrected chi connectivity index (χ3v) is 6.47. The van der Waals surface area contributed by atoms with Crippen molar-refractivity contribution in [2.24, 2.45) is 5.92 Å². The molecule has 2 aromatic carbocycles. The van der Waals surface area contributed by atoms with Gasteiger partial charge in [-0.15, -0.1) is 0 Å². The highest BCUT2D eigenvalue weighted by atomic mass is 19.1. The summed E-state index contributed by atoms with van der Waals surface area (Å²) in [5, 5.41) is 1.16. The van der Waals surface area contributed by atoms with Crippen molar-refractivity contribution >= 4 is 22.7 Å². The summed E-state index contributed by atoms with van der Waals surface area (Å²) in [6, 6.07) is 14.6. The van der Waals surface area contributed by atoms with E-state index in [0.29, 0.717) is 19.5 Å². The number of fused-ring (bicyclic) bond motifs is 1.